The van der Waals surface area contributed by atoms with Crippen molar-refractivity contribution in [2.75, 3.05) is 26.8 Å². The van der Waals surface area contributed by atoms with Crippen molar-refractivity contribution in [2.45, 2.75) is 89.9 Å². The fraction of sp³-hybridized carbons (Fsp3) is 0.792. The van der Waals surface area contributed by atoms with E-state index in [1.54, 1.807) is 7.05 Å². The van der Waals surface area contributed by atoms with Gasteiger partial charge in [0.2, 0.25) is 11.7 Å². The summed E-state index contributed by atoms with van der Waals surface area (Å²) >= 11 is 4.60. The molecule has 1 rings (SSSR count). The van der Waals surface area contributed by atoms with Crippen molar-refractivity contribution in [3.63, 3.8) is 0 Å². The Kier molecular flexibility index (Phi) is 12.4. The number of hydrogen-bond donors (Lipinski definition) is 4. The second-order valence-electron chi connectivity index (χ2n) is 10.0. The number of rotatable bonds is 14. The van der Waals surface area contributed by atoms with Gasteiger partial charge in [-0.2, -0.15) is 0 Å². The molecule has 3 N–H and O–H groups in total. The normalized spacial score (nSPS) is 20.6. The molecule has 0 bridgehead atoms. The Morgan fingerprint density at radius 3 is 2.54 bits per heavy atom. The van der Waals surface area contributed by atoms with Crippen molar-refractivity contribution in [3.8, 4) is 0 Å². The maximum absolute atomic E-state index is 12.9. The van der Waals surface area contributed by atoms with Crippen molar-refractivity contribution >= 4 is 30.6 Å². The van der Waals surface area contributed by atoms with Gasteiger partial charge in [-0.05, 0) is 32.3 Å². The van der Waals surface area contributed by atoms with Gasteiger partial charge in [0, 0.05) is 39.0 Å². The second kappa shape index (κ2) is 13.9. The second-order valence-corrected chi connectivity index (χ2v) is 11.0. The molecule has 1 unspecified atom stereocenters. The van der Waals surface area contributed by atoms with Gasteiger partial charge in [-0.1, -0.05) is 27.2 Å². The molecule has 35 heavy (non-hydrogen) atoms. The molecule has 4 atom stereocenters. The summed E-state index contributed by atoms with van der Waals surface area (Å²) < 4.78 is 17.2. The third kappa shape index (κ3) is 11.1. The smallest absolute Gasteiger partial charge is 0.409 e. The van der Waals surface area contributed by atoms with Gasteiger partial charge < -0.3 is 34.6 Å². The molecular formula is C24H42N2O8S. The summed E-state index contributed by atoms with van der Waals surface area (Å²) in [5.74, 6) is -1.89. The molecule has 1 aliphatic rings. The topological polar surface area (TPSA) is 135 Å². The van der Waals surface area contributed by atoms with Gasteiger partial charge in [-0.25, -0.2) is 9.59 Å². The quantitative estimate of drug-likeness (QED) is 0.204. The lowest BCUT2D eigenvalue weighted by Crippen LogP contribution is -2.53. The number of carboxylic acids is 1. The minimum Gasteiger partial charge on any atom is -0.477 e. The number of amides is 2. The largest absolute Gasteiger partial charge is 0.477 e. The summed E-state index contributed by atoms with van der Waals surface area (Å²) in [6.45, 7) is 9.66. The summed E-state index contributed by atoms with van der Waals surface area (Å²) in [7, 11) is 1.59. The number of carboxylic acid groups (broad SMARTS) is 1. The van der Waals surface area contributed by atoms with E-state index < -0.39 is 40.7 Å². The fourth-order valence-corrected chi connectivity index (χ4v) is 4.06. The SMILES string of the molecule is CCCCC(C)(S)OCC(C)(C)CN(C)C(=O)O[C@H](CCO)[C@@H]1OC(C(=O)O)=CC[C@H]1NC(C)=O. The Morgan fingerprint density at radius 2 is 2.00 bits per heavy atom. The third-order valence-electron chi connectivity index (χ3n) is 5.59. The lowest BCUT2D eigenvalue weighted by Gasteiger charge is -2.37. The summed E-state index contributed by atoms with van der Waals surface area (Å²) in [6, 6.07) is -0.619. The van der Waals surface area contributed by atoms with E-state index in [0.717, 1.165) is 19.3 Å². The lowest BCUT2D eigenvalue weighted by atomic mass is 9.94. The zero-order valence-electron chi connectivity index (χ0n) is 21.7. The van der Waals surface area contributed by atoms with Crippen LogP contribution in [0.25, 0.3) is 0 Å². The molecule has 0 saturated heterocycles. The van der Waals surface area contributed by atoms with Crippen molar-refractivity contribution in [2.24, 2.45) is 5.41 Å². The van der Waals surface area contributed by atoms with Crippen LogP contribution in [0.1, 0.15) is 66.7 Å². The molecule has 0 aromatic rings. The summed E-state index contributed by atoms with van der Waals surface area (Å²) in [6.07, 6.45) is 1.80. The molecule has 10 nitrogen and oxygen atoms in total. The van der Waals surface area contributed by atoms with Crippen molar-refractivity contribution in [3.05, 3.63) is 11.8 Å². The first-order valence-corrected chi connectivity index (χ1v) is 12.4. The van der Waals surface area contributed by atoms with Crippen molar-refractivity contribution < 1.29 is 38.8 Å². The van der Waals surface area contributed by atoms with Crippen LogP contribution in [0.2, 0.25) is 0 Å². The monoisotopic (exact) mass is 518 g/mol. The molecule has 0 aromatic heterocycles. The van der Waals surface area contributed by atoms with Crippen LogP contribution < -0.4 is 5.32 Å². The highest BCUT2D eigenvalue weighted by molar-refractivity contribution is 7.81. The Bertz CT molecular complexity index is 756. The highest BCUT2D eigenvalue weighted by Gasteiger charge is 2.39. The highest BCUT2D eigenvalue weighted by atomic mass is 32.1. The van der Waals surface area contributed by atoms with E-state index in [-0.39, 0.29) is 31.1 Å². The number of nitrogens with zero attached hydrogens (tertiary/aromatic N) is 1. The molecular weight excluding hydrogens is 476 g/mol. The molecule has 0 aliphatic carbocycles. The van der Waals surface area contributed by atoms with Gasteiger partial charge in [0.1, 0.15) is 11.0 Å². The molecule has 2 amide bonds. The third-order valence-corrected chi connectivity index (χ3v) is 5.95. The Morgan fingerprint density at radius 1 is 1.34 bits per heavy atom. The average Bonchev–Trinajstić information content (AvgIpc) is 2.75. The molecule has 1 heterocycles. The standard InChI is InChI=1S/C24H42N2O8S/c1-7-8-12-24(5,35)32-15-23(3,4)14-26(6)22(31)34-18(11-13-27)20-17(25-16(2)28)9-10-19(33-20)21(29)30/h10,17-18,20,27,35H,7-9,11-15H2,1-6H3,(H,25,28)(H,29,30)/t17-,18-,20-,24?/m1/s1. The summed E-state index contributed by atoms with van der Waals surface area (Å²) in [5, 5.41) is 21.6. The molecule has 0 spiro atoms. The summed E-state index contributed by atoms with van der Waals surface area (Å²) in [5.41, 5.74) is -0.407. The maximum Gasteiger partial charge on any atom is 0.409 e. The molecule has 0 saturated carbocycles. The number of aliphatic hydroxyl groups excluding tert-OH is 1. The summed E-state index contributed by atoms with van der Waals surface area (Å²) in [4.78, 5) is 36.8. The lowest BCUT2D eigenvalue weighted by molar-refractivity contribution is -0.141. The van der Waals surface area contributed by atoms with Gasteiger partial charge >= 0.3 is 12.1 Å². The molecule has 202 valence electrons. The first-order valence-electron chi connectivity index (χ1n) is 12.0. The van der Waals surface area contributed by atoms with Crippen LogP contribution in [-0.4, -0.2) is 83.1 Å². The predicted molar refractivity (Wildman–Crippen MR) is 134 cm³/mol. The van der Waals surface area contributed by atoms with Gasteiger partial charge in [-0.15, -0.1) is 12.6 Å². The molecule has 0 aromatic carbocycles. The molecule has 11 heteroatoms. The number of thiol groups is 1. The molecule has 0 fully saturated rings. The van der Waals surface area contributed by atoms with E-state index in [0.29, 0.717) is 13.2 Å². The minimum absolute atomic E-state index is 0.00910. The van der Waals surface area contributed by atoms with Crippen molar-refractivity contribution in [1.29, 1.82) is 0 Å². The van der Waals surface area contributed by atoms with E-state index in [2.05, 4.69) is 24.9 Å². The van der Waals surface area contributed by atoms with Crippen LogP contribution >= 0.6 is 12.6 Å². The first kappa shape index (κ1) is 31.1. The van der Waals surface area contributed by atoms with Crippen LogP contribution in [0.3, 0.4) is 0 Å². The van der Waals surface area contributed by atoms with Crippen LogP contribution in [-0.2, 0) is 23.8 Å². The maximum atomic E-state index is 12.9. The zero-order chi connectivity index (χ0) is 26.8. The number of unbranched alkanes of at least 4 members (excludes halogenated alkanes) is 1. The highest BCUT2D eigenvalue weighted by Crippen LogP contribution is 2.28. The fourth-order valence-electron chi connectivity index (χ4n) is 3.84. The number of carbonyl (C=O) groups is 3. The van der Waals surface area contributed by atoms with Gasteiger partial charge in [0.15, 0.2) is 6.10 Å². The molecule has 0 radical (unpaired) electrons. The molecule has 1 aliphatic heterocycles. The first-order chi connectivity index (χ1) is 16.2. The van der Waals surface area contributed by atoms with E-state index in [4.69, 9.17) is 14.2 Å². The number of hydrogen-bond acceptors (Lipinski definition) is 8. The zero-order valence-corrected chi connectivity index (χ0v) is 22.6. The van der Waals surface area contributed by atoms with Crippen LogP contribution in [0.5, 0.6) is 0 Å². The van der Waals surface area contributed by atoms with E-state index in [1.165, 1.54) is 17.9 Å². The van der Waals surface area contributed by atoms with E-state index in [1.807, 2.05) is 20.8 Å². The van der Waals surface area contributed by atoms with Gasteiger partial charge in [0.05, 0.1) is 12.6 Å². The van der Waals surface area contributed by atoms with Crippen molar-refractivity contribution in [1.82, 2.24) is 10.2 Å². The number of ether oxygens (including phenoxy) is 3. The van der Waals surface area contributed by atoms with E-state index in [9.17, 15) is 24.6 Å². The number of aliphatic hydroxyl groups is 1. The number of nitrogens with one attached hydrogen (secondary N) is 1. The Balaban J connectivity index is 2.87. The van der Waals surface area contributed by atoms with Crippen LogP contribution in [0, 0.1) is 5.41 Å². The minimum atomic E-state index is -1.26. The number of carbonyl (C=O) groups excluding carboxylic acids is 2. The predicted octanol–water partition coefficient (Wildman–Crippen LogP) is 2.95. The van der Waals surface area contributed by atoms with Gasteiger partial charge in [-0.3, -0.25) is 4.79 Å². The van der Waals surface area contributed by atoms with E-state index >= 15 is 0 Å². The Hall–Kier alpha value is -1.98. The number of aliphatic carboxylic acids is 1. The Labute approximate surface area is 213 Å². The van der Waals surface area contributed by atoms with Crippen LogP contribution in [0.4, 0.5) is 4.79 Å². The van der Waals surface area contributed by atoms with Gasteiger partial charge in [0.25, 0.3) is 0 Å². The average molecular weight is 519 g/mol. The van der Waals surface area contributed by atoms with Crippen LogP contribution in [0.15, 0.2) is 11.8 Å².